The Morgan fingerprint density at radius 1 is 1.36 bits per heavy atom. The summed E-state index contributed by atoms with van der Waals surface area (Å²) in [7, 11) is 0. The van der Waals surface area contributed by atoms with Crippen LogP contribution in [0.5, 0.6) is 0 Å². The highest BCUT2D eigenvalue weighted by Crippen LogP contribution is 2.21. The van der Waals surface area contributed by atoms with Crippen LogP contribution >= 0.6 is 0 Å². The molecule has 1 heterocycles. The molecule has 1 aliphatic rings. The van der Waals surface area contributed by atoms with Crippen molar-refractivity contribution in [2.24, 2.45) is 5.92 Å². The van der Waals surface area contributed by atoms with Crippen LogP contribution in [0.1, 0.15) is 33.6 Å². The van der Waals surface area contributed by atoms with Crippen LogP contribution in [0.4, 0.5) is 0 Å². The third kappa shape index (κ3) is 2.33. The minimum absolute atomic E-state index is 0.745. The lowest BCUT2D eigenvalue weighted by atomic mass is 9.95. The van der Waals surface area contributed by atoms with Gasteiger partial charge in [0.15, 0.2) is 0 Å². The van der Waals surface area contributed by atoms with Gasteiger partial charge in [-0.25, -0.2) is 0 Å². The molecule has 0 saturated carbocycles. The van der Waals surface area contributed by atoms with E-state index in [1.807, 2.05) is 0 Å². The molecular weight excluding hydrogens is 134 g/mol. The van der Waals surface area contributed by atoms with Gasteiger partial charge in [-0.3, -0.25) is 0 Å². The molecule has 0 atom stereocenters. The molecule has 0 aliphatic carbocycles. The molecule has 0 amide bonds. The lowest BCUT2D eigenvalue weighted by Gasteiger charge is -2.12. The minimum atomic E-state index is 0.745. The van der Waals surface area contributed by atoms with Crippen molar-refractivity contribution in [3.8, 4) is 0 Å². The predicted molar refractivity (Wildman–Crippen MR) is 49.6 cm³/mol. The fraction of sp³-hybridized carbons (Fsp3) is 0.800. The minimum Gasteiger partial charge on any atom is -0.313 e. The molecule has 0 unspecified atom stereocenters. The monoisotopic (exact) mass is 153 g/mol. The van der Waals surface area contributed by atoms with Crippen molar-refractivity contribution >= 4 is 0 Å². The number of hydrogen-bond acceptors (Lipinski definition) is 1. The maximum Gasteiger partial charge on any atom is 0.0164 e. The van der Waals surface area contributed by atoms with E-state index in [0.29, 0.717) is 0 Å². The van der Waals surface area contributed by atoms with Crippen LogP contribution < -0.4 is 5.32 Å². The quantitative estimate of drug-likeness (QED) is 0.570. The summed E-state index contributed by atoms with van der Waals surface area (Å²) in [5.74, 6) is 0.745. The van der Waals surface area contributed by atoms with E-state index in [0.717, 1.165) is 12.5 Å². The summed E-state index contributed by atoms with van der Waals surface area (Å²) in [6.45, 7) is 9.14. The Hall–Kier alpha value is -0.300. The maximum absolute atomic E-state index is 3.42. The Morgan fingerprint density at radius 3 is 2.73 bits per heavy atom. The SMILES string of the molecule is CC1=C(C(C)C)CCCNC1. The average molecular weight is 153 g/mol. The van der Waals surface area contributed by atoms with Crippen molar-refractivity contribution in [3.05, 3.63) is 11.1 Å². The van der Waals surface area contributed by atoms with Crippen molar-refractivity contribution in [1.82, 2.24) is 5.32 Å². The van der Waals surface area contributed by atoms with Gasteiger partial charge in [-0.05, 0) is 32.2 Å². The van der Waals surface area contributed by atoms with Gasteiger partial charge in [-0.1, -0.05) is 25.0 Å². The molecule has 0 aromatic rings. The van der Waals surface area contributed by atoms with Crippen LogP contribution in [-0.2, 0) is 0 Å². The van der Waals surface area contributed by atoms with Crippen LogP contribution in [0.25, 0.3) is 0 Å². The Labute approximate surface area is 69.9 Å². The summed E-state index contributed by atoms with van der Waals surface area (Å²) < 4.78 is 0. The molecule has 1 N–H and O–H groups in total. The van der Waals surface area contributed by atoms with Gasteiger partial charge in [0.2, 0.25) is 0 Å². The second-order valence-corrected chi connectivity index (χ2v) is 3.74. The summed E-state index contributed by atoms with van der Waals surface area (Å²) in [6, 6.07) is 0. The van der Waals surface area contributed by atoms with Gasteiger partial charge < -0.3 is 5.32 Å². The van der Waals surface area contributed by atoms with E-state index in [1.165, 1.54) is 19.4 Å². The van der Waals surface area contributed by atoms with Gasteiger partial charge in [0.1, 0.15) is 0 Å². The zero-order chi connectivity index (χ0) is 8.27. The van der Waals surface area contributed by atoms with E-state index in [4.69, 9.17) is 0 Å². The number of nitrogens with one attached hydrogen (secondary N) is 1. The van der Waals surface area contributed by atoms with Gasteiger partial charge in [0, 0.05) is 6.54 Å². The highest BCUT2D eigenvalue weighted by molar-refractivity contribution is 5.16. The third-order valence-electron chi connectivity index (χ3n) is 2.43. The first-order chi connectivity index (χ1) is 5.22. The van der Waals surface area contributed by atoms with Gasteiger partial charge in [0.25, 0.3) is 0 Å². The van der Waals surface area contributed by atoms with Crippen molar-refractivity contribution < 1.29 is 0 Å². The molecular formula is C10H19N. The fourth-order valence-electron chi connectivity index (χ4n) is 1.79. The lowest BCUT2D eigenvalue weighted by Crippen LogP contribution is -2.15. The molecule has 0 spiro atoms. The molecule has 1 nitrogen and oxygen atoms in total. The van der Waals surface area contributed by atoms with E-state index in [-0.39, 0.29) is 0 Å². The first kappa shape index (κ1) is 8.79. The van der Waals surface area contributed by atoms with Crippen LogP contribution in [0.2, 0.25) is 0 Å². The third-order valence-corrected chi connectivity index (χ3v) is 2.43. The van der Waals surface area contributed by atoms with Crippen molar-refractivity contribution in [2.45, 2.75) is 33.6 Å². The van der Waals surface area contributed by atoms with E-state index >= 15 is 0 Å². The van der Waals surface area contributed by atoms with E-state index in [2.05, 4.69) is 26.1 Å². The van der Waals surface area contributed by atoms with E-state index in [9.17, 15) is 0 Å². The summed E-state index contributed by atoms with van der Waals surface area (Å²) in [6.07, 6.45) is 2.61. The summed E-state index contributed by atoms with van der Waals surface area (Å²) >= 11 is 0. The molecule has 1 heteroatoms. The largest absolute Gasteiger partial charge is 0.313 e. The highest BCUT2D eigenvalue weighted by Gasteiger charge is 2.09. The molecule has 0 saturated heterocycles. The zero-order valence-corrected chi connectivity index (χ0v) is 7.91. The molecule has 11 heavy (non-hydrogen) atoms. The number of rotatable bonds is 1. The molecule has 64 valence electrons. The molecule has 0 aromatic carbocycles. The van der Waals surface area contributed by atoms with Gasteiger partial charge in [0.05, 0.1) is 0 Å². The molecule has 0 radical (unpaired) electrons. The standard InChI is InChI=1S/C10H19N/c1-8(2)10-5-4-6-11-7-9(10)3/h8,11H,4-7H2,1-3H3. The summed E-state index contributed by atoms with van der Waals surface area (Å²) in [5, 5.41) is 3.42. The topological polar surface area (TPSA) is 12.0 Å². The highest BCUT2D eigenvalue weighted by atomic mass is 14.8. The predicted octanol–water partition coefficient (Wildman–Crippen LogP) is 2.34. The van der Waals surface area contributed by atoms with Crippen molar-refractivity contribution in [3.63, 3.8) is 0 Å². The Kier molecular flexibility index (Phi) is 3.13. The number of allylic oxidation sites excluding steroid dienone is 1. The first-order valence-corrected chi connectivity index (χ1v) is 4.61. The molecule has 0 aromatic heterocycles. The van der Waals surface area contributed by atoms with Gasteiger partial charge in [-0.15, -0.1) is 0 Å². The van der Waals surface area contributed by atoms with Crippen molar-refractivity contribution in [1.29, 1.82) is 0 Å². The van der Waals surface area contributed by atoms with Crippen LogP contribution in [0, 0.1) is 5.92 Å². The van der Waals surface area contributed by atoms with Crippen LogP contribution in [0.15, 0.2) is 11.1 Å². The molecule has 1 aliphatic heterocycles. The average Bonchev–Trinajstić information content (AvgIpc) is 2.13. The van der Waals surface area contributed by atoms with Gasteiger partial charge >= 0.3 is 0 Å². The van der Waals surface area contributed by atoms with E-state index < -0.39 is 0 Å². The van der Waals surface area contributed by atoms with Crippen LogP contribution in [-0.4, -0.2) is 13.1 Å². The fourth-order valence-corrected chi connectivity index (χ4v) is 1.79. The van der Waals surface area contributed by atoms with Gasteiger partial charge in [-0.2, -0.15) is 0 Å². The zero-order valence-electron chi connectivity index (χ0n) is 7.91. The van der Waals surface area contributed by atoms with Crippen LogP contribution in [0.3, 0.4) is 0 Å². The Morgan fingerprint density at radius 2 is 2.09 bits per heavy atom. The molecule has 1 rings (SSSR count). The second-order valence-electron chi connectivity index (χ2n) is 3.74. The number of hydrogen-bond donors (Lipinski definition) is 1. The Balaban J connectivity index is 2.68. The summed E-state index contributed by atoms with van der Waals surface area (Å²) in [4.78, 5) is 0. The smallest absolute Gasteiger partial charge is 0.0164 e. The first-order valence-electron chi connectivity index (χ1n) is 4.61. The Bertz CT molecular complexity index is 156. The maximum atomic E-state index is 3.42. The molecule has 0 fully saturated rings. The molecule has 0 bridgehead atoms. The second kappa shape index (κ2) is 3.91. The summed E-state index contributed by atoms with van der Waals surface area (Å²) in [5.41, 5.74) is 3.24. The van der Waals surface area contributed by atoms with Crippen molar-refractivity contribution in [2.75, 3.05) is 13.1 Å². The lowest BCUT2D eigenvalue weighted by molar-refractivity contribution is 0.673. The van der Waals surface area contributed by atoms with E-state index in [1.54, 1.807) is 11.1 Å². The normalized spacial score (nSPS) is 20.7.